The molecule has 8 N–H and O–H groups in total. The van der Waals surface area contributed by atoms with Crippen molar-refractivity contribution in [2.75, 3.05) is 0 Å². The van der Waals surface area contributed by atoms with Gasteiger partial charge in [0.15, 0.2) is 11.3 Å². The number of aromatic nitrogens is 8. The zero-order chi connectivity index (χ0) is 15.7. The van der Waals surface area contributed by atoms with E-state index in [0.29, 0.717) is 22.1 Å². The zero-order valence-corrected chi connectivity index (χ0v) is 11.1. The molecule has 4 aromatic heterocycles. The molecule has 0 saturated heterocycles. The molecule has 13 nitrogen and oxygen atoms in total. The van der Waals surface area contributed by atoms with Gasteiger partial charge in [-0.2, -0.15) is 30.1 Å². The molecule has 4 aromatic rings. The highest BCUT2D eigenvalue weighted by Gasteiger charge is 2.06. The predicted molar refractivity (Wildman–Crippen MR) is 73.6 cm³/mol. The topological polar surface area (TPSA) is 221 Å². The molecule has 13 heteroatoms. The molecule has 0 saturated carbocycles. The molecule has 23 heavy (non-hydrogen) atoms. The van der Waals surface area contributed by atoms with Crippen LogP contribution in [0.25, 0.3) is 22.1 Å². The Labute approximate surface area is 125 Å². The minimum Gasteiger partial charge on any atom is -0.493 e. The lowest BCUT2D eigenvalue weighted by Gasteiger charge is -1.91. The van der Waals surface area contributed by atoms with E-state index in [9.17, 15) is 0 Å². The van der Waals surface area contributed by atoms with Gasteiger partial charge < -0.3 is 25.9 Å². The minimum atomic E-state index is -0.473. The Hall–Kier alpha value is -3.74. The molecular formula is C10H10N8O5. The number of rotatable bonds is 0. The van der Waals surface area contributed by atoms with Crippen molar-refractivity contribution in [1.82, 2.24) is 40.3 Å². The summed E-state index contributed by atoms with van der Waals surface area (Å²) in [5, 5.41) is 48.7. The molecule has 0 unspecified atom stereocenters. The fourth-order valence-electron chi connectivity index (χ4n) is 1.62. The Morgan fingerprint density at radius 3 is 1.43 bits per heavy atom. The molecule has 0 bridgehead atoms. The van der Waals surface area contributed by atoms with Crippen molar-refractivity contribution >= 4 is 22.1 Å². The van der Waals surface area contributed by atoms with Gasteiger partial charge in [0.25, 0.3) is 0 Å². The van der Waals surface area contributed by atoms with Crippen molar-refractivity contribution in [3.05, 3.63) is 12.4 Å². The molecule has 0 atom stereocenters. The lowest BCUT2D eigenvalue weighted by atomic mass is 10.4. The molecule has 0 aliphatic heterocycles. The van der Waals surface area contributed by atoms with E-state index in [0.717, 1.165) is 0 Å². The third-order valence-corrected chi connectivity index (χ3v) is 2.56. The summed E-state index contributed by atoms with van der Waals surface area (Å²) >= 11 is 0. The van der Waals surface area contributed by atoms with Crippen LogP contribution in [0.5, 0.6) is 23.8 Å². The lowest BCUT2D eigenvalue weighted by molar-refractivity contribution is 0.402. The van der Waals surface area contributed by atoms with Gasteiger partial charge in [0.1, 0.15) is 10.8 Å². The summed E-state index contributed by atoms with van der Waals surface area (Å²) < 4.78 is 0. The van der Waals surface area contributed by atoms with Crippen LogP contribution in [0.3, 0.4) is 0 Å². The Kier molecular flexibility index (Phi) is 4.04. The standard InChI is InChI=1S/2C5H4N4O2.H2O/c2*10-4-2-1-6-9-3(2)7-5(11)8-4;/h2*1H,(H3,6,7,8,9,10,11);1H2. The Balaban J connectivity index is 0.000000160. The quantitative estimate of drug-likeness (QED) is 0.224. The van der Waals surface area contributed by atoms with Gasteiger partial charge in [-0.05, 0) is 0 Å². The Bertz CT molecular complexity index is 873. The van der Waals surface area contributed by atoms with E-state index in [1.165, 1.54) is 12.4 Å². The molecule has 0 radical (unpaired) electrons. The summed E-state index contributed by atoms with van der Waals surface area (Å²) in [7, 11) is 0. The summed E-state index contributed by atoms with van der Waals surface area (Å²) in [4.78, 5) is 13.8. The first kappa shape index (κ1) is 15.6. The van der Waals surface area contributed by atoms with E-state index >= 15 is 0 Å². The SMILES string of the molecule is O.Oc1nc(O)c2cn[nH]c2n1.Oc1nc(O)c2cn[nH]c2n1. The third kappa shape index (κ3) is 2.98. The number of hydrogen-bond donors (Lipinski definition) is 6. The first-order chi connectivity index (χ1) is 10.5. The van der Waals surface area contributed by atoms with E-state index in [-0.39, 0.29) is 17.2 Å². The molecule has 0 fully saturated rings. The van der Waals surface area contributed by atoms with Gasteiger partial charge in [0.05, 0.1) is 12.4 Å². The summed E-state index contributed by atoms with van der Waals surface area (Å²) in [6.07, 6.45) is 2.76. The second kappa shape index (κ2) is 5.94. The van der Waals surface area contributed by atoms with Gasteiger partial charge in [-0.25, -0.2) is 0 Å². The van der Waals surface area contributed by atoms with E-state index in [1.807, 2.05) is 0 Å². The van der Waals surface area contributed by atoms with E-state index in [2.05, 4.69) is 40.3 Å². The van der Waals surface area contributed by atoms with Crippen LogP contribution in [0.2, 0.25) is 0 Å². The average molecular weight is 322 g/mol. The van der Waals surface area contributed by atoms with Crippen LogP contribution in [0.4, 0.5) is 0 Å². The summed E-state index contributed by atoms with van der Waals surface area (Å²) in [6, 6.07) is -0.946. The zero-order valence-electron chi connectivity index (χ0n) is 11.1. The molecule has 4 rings (SSSR count). The molecular weight excluding hydrogens is 312 g/mol. The third-order valence-electron chi connectivity index (χ3n) is 2.56. The molecule has 120 valence electrons. The molecule has 0 spiro atoms. The maximum atomic E-state index is 9.07. The van der Waals surface area contributed by atoms with Gasteiger partial charge in [0, 0.05) is 0 Å². The number of aromatic hydroxyl groups is 4. The minimum absolute atomic E-state index is 0. The van der Waals surface area contributed by atoms with Crippen molar-refractivity contribution in [3.8, 4) is 23.8 Å². The van der Waals surface area contributed by atoms with Crippen LogP contribution >= 0.6 is 0 Å². The number of hydrogen-bond acceptors (Lipinski definition) is 10. The van der Waals surface area contributed by atoms with Crippen LogP contribution in [0, 0.1) is 0 Å². The number of nitrogens with one attached hydrogen (secondary N) is 2. The maximum Gasteiger partial charge on any atom is 0.319 e. The molecule has 0 amide bonds. The van der Waals surface area contributed by atoms with E-state index < -0.39 is 12.0 Å². The van der Waals surface area contributed by atoms with E-state index in [1.54, 1.807) is 0 Å². The summed E-state index contributed by atoms with van der Waals surface area (Å²) in [5.74, 6) is -0.553. The van der Waals surface area contributed by atoms with Crippen molar-refractivity contribution in [2.45, 2.75) is 0 Å². The number of H-pyrrole nitrogens is 2. The smallest absolute Gasteiger partial charge is 0.319 e. The fraction of sp³-hybridized carbons (Fsp3) is 0. The largest absolute Gasteiger partial charge is 0.493 e. The van der Waals surface area contributed by atoms with Crippen molar-refractivity contribution in [3.63, 3.8) is 0 Å². The number of nitrogens with zero attached hydrogens (tertiary/aromatic N) is 6. The lowest BCUT2D eigenvalue weighted by Crippen LogP contribution is -1.82. The monoisotopic (exact) mass is 322 g/mol. The van der Waals surface area contributed by atoms with Crippen molar-refractivity contribution in [2.24, 2.45) is 0 Å². The van der Waals surface area contributed by atoms with Crippen LogP contribution in [-0.4, -0.2) is 66.2 Å². The second-order valence-corrected chi connectivity index (χ2v) is 3.96. The normalized spacial score (nSPS) is 10.1. The van der Waals surface area contributed by atoms with Gasteiger partial charge >= 0.3 is 12.0 Å². The number of aromatic amines is 2. The predicted octanol–water partition coefficient (Wildman–Crippen LogP) is -1.30. The first-order valence-corrected chi connectivity index (χ1v) is 5.72. The second-order valence-electron chi connectivity index (χ2n) is 3.96. The van der Waals surface area contributed by atoms with Crippen LogP contribution in [-0.2, 0) is 0 Å². The van der Waals surface area contributed by atoms with Crippen molar-refractivity contribution < 1.29 is 25.9 Å². The van der Waals surface area contributed by atoms with Gasteiger partial charge in [0.2, 0.25) is 11.8 Å². The highest BCUT2D eigenvalue weighted by molar-refractivity contribution is 5.79. The average Bonchev–Trinajstić information content (AvgIpc) is 3.07. The molecule has 0 aromatic carbocycles. The summed E-state index contributed by atoms with van der Waals surface area (Å²) in [6.45, 7) is 0. The van der Waals surface area contributed by atoms with E-state index in [4.69, 9.17) is 20.4 Å². The maximum absolute atomic E-state index is 9.07. The molecule has 4 heterocycles. The van der Waals surface area contributed by atoms with Crippen LogP contribution in [0.15, 0.2) is 12.4 Å². The molecule has 0 aliphatic carbocycles. The Morgan fingerprint density at radius 2 is 1.04 bits per heavy atom. The van der Waals surface area contributed by atoms with Crippen LogP contribution < -0.4 is 0 Å². The van der Waals surface area contributed by atoms with Gasteiger partial charge in [-0.3, -0.25) is 10.2 Å². The van der Waals surface area contributed by atoms with Gasteiger partial charge in [-0.15, -0.1) is 0 Å². The first-order valence-electron chi connectivity index (χ1n) is 5.72. The molecule has 0 aliphatic rings. The highest BCUT2D eigenvalue weighted by Crippen LogP contribution is 2.20. The van der Waals surface area contributed by atoms with Gasteiger partial charge in [-0.1, -0.05) is 0 Å². The fourth-order valence-corrected chi connectivity index (χ4v) is 1.62. The Morgan fingerprint density at radius 1 is 0.652 bits per heavy atom. The number of fused-ring (bicyclic) bond motifs is 2. The highest BCUT2D eigenvalue weighted by atomic mass is 16.3. The summed E-state index contributed by atoms with van der Waals surface area (Å²) in [5.41, 5.74) is 0.630. The van der Waals surface area contributed by atoms with Crippen molar-refractivity contribution in [1.29, 1.82) is 0 Å². The van der Waals surface area contributed by atoms with Crippen LogP contribution in [0.1, 0.15) is 0 Å².